The fourth-order valence-electron chi connectivity index (χ4n) is 6.19. The Hall–Kier alpha value is -1.97. The molecule has 8 nitrogen and oxygen atoms in total. The summed E-state index contributed by atoms with van der Waals surface area (Å²) in [5.74, 6) is 0.434. The molecule has 0 unspecified atom stereocenters. The van der Waals surface area contributed by atoms with E-state index in [9.17, 15) is 4.79 Å². The third-order valence-corrected chi connectivity index (χ3v) is 9.98. The van der Waals surface area contributed by atoms with Crippen LogP contribution in [0.1, 0.15) is 62.1 Å². The van der Waals surface area contributed by atoms with Crippen LogP contribution in [0.25, 0.3) is 11.3 Å². The summed E-state index contributed by atoms with van der Waals surface area (Å²) in [6, 6.07) is 5.64. The Bertz CT molecular complexity index is 1210. The van der Waals surface area contributed by atoms with Gasteiger partial charge in [-0.1, -0.05) is 48.7 Å². The average Bonchev–Trinajstić information content (AvgIpc) is 3.17. The van der Waals surface area contributed by atoms with Gasteiger partial charge in [-0.3, -0.25) is 4.79 Å². The van der Waals surface area contributed by atoms with Gasteiger partial charge in [0.1, 0.15) is 0 Å². The number of rotatable bonds is 4. The van der Waals surface area contributed by atoms with Gasteiger partial charge >= 0.3 is 0 Å². The van der Waals surface area contributed by atoms with E-state index in [-0.39, 0.29) is 22.8 Å². The van der Waals surface area contributed by atoms with Crippen molar-refractivity contribution in [2.45, 2.75) is 64.6 Å². The lowest BCUT2D eigenvalue weighted by Crippen LogP contribution is -2.73. The Kier molecular flexibility index (Phi) is 6.73. The van der Waals surface area contributed by atoms with Crippen LogP contribution in [0.3, 0.4) is 0 Å². The molecule has 2 aromatic rings. The van der Waals surface area contributed by atoms with E-state index in [0.717, 1.165) is 32.4 Å². The van der Waals surface area contributed by atoms with Crippen LogP contribution in [-0.4, -0.2) is 58.7 Å². The Morgan fingerprint density at radius 1 is 1.14 bits per heavy atom. The summed E-state index contributed by atoms with van der Waals surface area (Å²) in [7, 11) is 0. The van der Waals surface area contributed by atoms with Gasteiger partial charge in [0.15, 0.2) is 11.5 Å². The molecule has 3 aliphatic rings. The molecule has 1 aliphatic carbocycles. The Balaban J connectivity index is 1.51. The Labute approximate surface area is 228 Å². The number of aryl methyl sites for hydroxylation is 1. The molecule has 2 saturated heterocycles. The topological polar surface area (TPSA) is 127 Å². The number of carbonyl (C=O) groups is 1. The van der Waals surface area contributed by atoms with Crippen LogP contribution in [0.2, 0.25) is 10.0 Å². The van der Waals surface area contributed by atoms with Gasteiger partial charge in [-0.2, -0.15) is 0 Å². The van der Waals surface area contributed by atoms with Crippen molar-refractivity contribution in [3.05, 3.63) is 39.6 Å². The van der Waals surface area contributed by atoms with Crippen molar-refractivity contribution in [2.75, 3.05) is 31.1 Å². The molecule has 10 heteroatoms. The van der Waals surface area contributed by atoms with Crippen LogP contribution in [0.5, 0.6) is 0 Å². The van der Waals surface area contributed by atoms with E-state index in [4.69, 9.17) is 50.4 Å². The maximum absolute atomic E-state index is 13.9. The van der Waals surface area contributed by atoms with Gasteiger partial charge < -0.3 is 27.0 Å². The highest BCUT2D eigenvalue weighted by Gasteiger charge is 2.51. The summed E-state index contributed by atoms with van der Waals surface area (Å²) < 4.78 is 0. The molecule has 3 heterocycles. The first-order valence-electron chi connectivity index (χ1n) is 13.1. The van der Waals surface area contributed by atoms with E-state index in [2.05, 4.69) is 4.90 Å². The molecule has 1 saturated carbocycles. The van der Waals surface area contributed by atoms with Gasteiger partial charge in [0, 0.05) is 43.2 Å². The molecule has 1 aromatic carbocycles. The second-order valence-corrected chi connectivity index (χ2v) is 12.6. The molecule has 1 spiro atoms. The van der Waals surface area contributed by atoms with Crippen molar-refractivity contribution < 1.29 is 4.79 Å². The predicted octanol–water partition coefficient (Wildman–Crippen LogP) is 3.95. The molecule has 0 bridgehead atoms. The molecule has 1 atom stereocenters. The molecular weight excluding hydrogens is 509 g/mol. The molecule has 5 rings (SSSR count). The van der Waals surface area contributed by atoms with Gasteiger partial charge in [0.25, 0.3) is 5.91 Å². The highest BCUT2D eigenvalue weighted by Crippen LogP contribution is 2.46. The number of anilines is 1. The first-order valence-corrected chi connectivity index (χ1v) is 13.8. The fourth-order valence-corrected chi connectivity index (χ4v) is 6.58. The monoisotopic (exact) mass is 545 g/mol. The van der Waals surface area contributed by atoms with Crippen molar-refractivity contribution in [3.8, 4) is 11.3 Å². The lowest BCUT2D eigenvalue weighted by Gasteiger charge is -2.54. The van der Waals surface area contributed by atoms with Crippen molar-refractivity contribution in [2.24, 2.45) is 28.0 Å². The Morgan fingerprint density at radius 2 is 1.81 bits per heavy atom. The molecule has 6 N–H and O–H groups in total. The summed E-state index contributed by atoms with van der Waals surface area (Å²) in [6.45, 7) is 8.18. The van der Waals surface area contributed by atoms with E-state index in [1.807, 2.05) is 26.0 Å². The number of halogens is 2. The van der Waals surface area contributed by atoms with Crippen LogP contribution in [0.15, 0.2) is 18.2 Å². The molecule has 0 radical (unpaired) electrons. The number of benzene rings is 1. The zero-order valence-electron chi connectivity index (χ0n) is 21.9. The van der Waals surface area contributed by atoms with Gasteiger partial charge in [0.05, 0.1) is 27.1 Å². The van der Waals surface area contributed by atoms with E-state index >= 15 is 0 Å². The maximum atomic E-state index is 13.9. The number of nitrogens with zero attached hydrogens (tertiary/aromatic N) is 4. The SMILES string of the molecule is Cc1nc(N2CCC3(CCC[C@H]3N)CC2)c(C(=O)N2CC(C)(C(C)(N)N)C2)nc1-c1cccc(Cl)c1Cl. The third-order valence-electron chi connectivity index (χ3n) is 9.16. The number of carbonyl (C=O) groups excluding carboxylic acids is 1. The normalized spacial score (nSPS) is 22.9. The lowest BCUT2D eigenvalue weighted by molar-refractivity contribution is -0.0245. The summed E-state index contributed by atoms with van der Waals surface area (Å²) >= 11 is 12.8. The molecule has 3 fully saturated rings. The molecular formula is C27H37Cl2N7O. The van der Waals surface area contributed by atoms with Gasteiger partial charge in [0.2, 0.25) is 0 Å². The zero-order chi connectivity index (χ0) is 26.8. The van der Waals surface area contributed by atoms with Crippen LogP contribution >= 0.6 is 23.2 Å². The number of hydrogen-bond donors (Lipinski definition) is 3. The second kappa shape index (κ2) is 9.35. The first-order chi connectivity index (χ1) is 17.4. The second-order valence-electron chi connectivity index (χ2n) is 11.8. The number of piperidine rings is 1. The molecule has 1 aromatic heterocycles. The van der Waals surface area contributed by atoms with Crippen molar-refractivity contribution in [1.82, 2.24) is 14.9 Å². The van der Waals surface area contributed by atoms with E-state index in [0.29, 0.717) is 51.6 Å². The minimum absolute atomic E-state index is 0.179. The largest absolute Gasteiger partial charge is 0.355 e. The van der Waals surface area contributed by atoms with Crippen LogP contribution in [0.4, 0.5) is 5.82 Å². The molecule has 37 heavy (non-hydrogen) atoms. The fraction of sp³-hybridized carbons (Fsp3) is 0.593. The molecule has 1 amide bonds. The summed E-state index contributed by atoms with van der Waals surface area (Å²) in [5.41, 5.74) is 20.1. The van der Waals surface area contributed by atoms with Crippen molar-refractivity contribution in [3.63, 3.8) is 0 Å². The standard InChI is InChI=1S/C27H37Cl2N7O/c1-16-21(17-6-4-7-18(28)20(17)29)34-22(24(37)36-14-25(2,15-36)26(3,31)32)23(33-16)35-12-10-27(11-13-35)9-5-8-19(27)30/h4,6-7,19H,5,8-15,30-32H2,1-3H3/t19-/m1/s1. The quantitative estimate of drug-likeness (QED) is 0.496. The smallest absolute Gasteiger partial charge is 0.276 e. The van der Waals surface area contributed by atoms with E-state index < -0.39 is 5.66 Å². The average molecular weight is 547 g/mol. The van der Waals surface area contributed by atoms with Gasteiger partial charge in [-0.15, -0.1) is 0 Å². The number of hydrogen-bond acceptors (Lipinski definition) is 7. The minimum Gasteiger partial charge on any atom is -0.355 e. The van der Waals surface area contributed by atoms with Gasteiger partial charge in [-0.25, -0.2) is 9.97 Å². The van der Waals surface area contributed by atoms with Crippen molar-refractivity contribution >= 4 is 34.9 Å². The first kappa shape index (κ1) is 26.6. The minimum atomic E-state index is -0.897. The number of amides is 1. The summed E-state index contributed by atoms with van der Waals surface area (Å²) in [6.07, 6.45) is 5.43. The van der Waals surface area contributed by atoms with Crippen molar-refractivity contribution in [1.29, 1.82) is 0 Å². The lowest BCUT2D eigenvalue weighted by atomic mass is 9.72. The molecule has 200 valence electrons. The highest BCUT2D eigenvalue weighted by molar-refractivity contribution is 6.43. The van der Waals surface area contributed by atoms with E-state index in [1.54, 1.807) is 17.9 Å². The summed E-state index contributed by atoms with van der Waals surface area (Å²) in [5, 5.41) is 0.816. The Morgan fingerprint density at radius 3 is 2.41 bits per heavy atom. The predicted molar refractivity (Wildman–Crippen MR) is 149 cm³/mol. The number of likely N-dealkylation sites (tertiary alicyclic amines) is 1. The maximum Gasteiger partial charge on any atom is 0.276 e. The number of aromatic nitrogens is 2. The molecule has 2 aliphatic heterocycles. The zero-order valence-corrected chi connectivity index (χ0v) is 23.4. The number of nitrogens with two attached hydrogens (primary N) is 3. The third kappa shape index (κ3) is 4.51. The van der Waals surface area contributed by atoms with Crippen LogP contribution in [0, 0.1) is 17.8 Å². The summed E-state index contributed by atoms with van der Waals surface area (Å²) in [4.78, 5) is 27.7. The van der Waals surface area contributed by atoms with Crippen LogP contribution < -0.4 is 22.1 Å². The highest BCUT2D eigenvalue weighted by atomic mass is 35.5. The van der Waals surface area contributed by atoms with Gasteiger partial charge in [-0.05, 0) is 51.0 Å². The van der Waals surface area contributed by atoms with Crippen LogP contribution in [-0.2, 0) is 0 Å². The van der Waals surface area contributed by atoms with E-state index in [1.165, 1.54) is 12.8 Å².